The summed E-state index contributed by atoms with van der Waals surface area (Å²) in [6.45, 7) is 49.0. The van der Waals surface area contributed by atoms with Crippen molar-refractivity contribution in [1.29, 1.82) is 0 Å². The number of hydrogen-bond donors (Lipinski definition) is 0. The minimum Gasteiger partial charge on any atom is -0.0651 e. The predicted molar refractivity (Wildman–Crippen MR) is 410 cm³/mol. The van der Waals surface area contributed by atoms with Crippen LogP contribution < -0.4 is 0 Å². The molecule has 0 amide bonds. The Labute approximate surface area is 586 Å². The third kappa shape index (κ3) is 45.2. The zero-order chi connectivity index (χ0) is 79.1. The van der Waals surface area contributed by atoms with Gasteiger partial charge in [-0.3, -0.25) is 0 Å². The highest BCUT2D eigenvalue weighted by Gasteiger charge is 2.50. The van der Waals surface area contributed by atoms with E-state index in [4.69, 9.17) is 17.8 Å². The van der Waals surface area contributed by atoms with E-state index in [2.05, 4.69) is 76.2 Å². The molecule has 0 aliphatic heterocycles. The van der Waals surface area contributed by atoms with Crippen molar-refractivity contribution in [2.75, 3.05) is 0 Å². The molecule has 14 fully saturated rings. The average molecular weight is 1260 g/mol. The van der Waals surface area contributed by atoms with Crippen molar-refractivity contribution >= 4 is 0 Å². The van der Waals surface area contributed by atoms with Crippen LogP contribution in [0.3, 0.4) is 0 Å². The van der Waals surface area contributed by atoms with Crippen LogP contribution >= 0.6 is 0 Å². The van der Waals surface area contributed by atoms with Crippen molar-refractivity contribution in [3.63, 3.8) is 0 Å². The molecule has 0 atom stereocenters. The van der Waals surface area contributed by atoms with Gasteiger partial charge in [-0.2, -0.15) is 0 Å². The summed E-state index contributed by atoms with van der Waals surface area (Å²) in [6.07, 6.45) is 51.3. The summed E-state index contributed by atoms with van der Waals surface area (Å²) in [6, 6.07) is 0. The fourth-order valence-corrected chi connectivity index (χ4v) is 17.1. The molecule has 0 N–H and O–H groups in total. The maximum atomic E-state index is 7.63. The van der Waals surface area contributed by atoms with E-state index in [0.29, 0.717) is 22.7 Å². The van der Waals surface area contributed by atoms with Crippen molar-refractivity contribution in [3.8, 4) is 0 Å². The second-order valence-corrected chi connectivity index (χ2v) is 38.0. The summed E-state index contributed by atoms with van der Waals surface area (Å²) in [5.41, 5.74) is 2.75. The number of hydrogen-bond acceptors (Lipinski definition) is 0. The van der Waals surface area contributed by atoms with E-state index < -0.39 is 37.8 Å². The molecule has 8 bridgehead atoms. The molecule has 0 saturated heterocycles. The molecule has 0 heteroatoms. The Morgan fingerprint density at radius 3 is 0.888 bits per heavy atom. The van der Waals surface area contributed by atoms with E-state index in [-0.39, 0.29) is 23.1 Å². The number of rotatable bonds is 5. The van der Waals surface area contributed by atoms with Gasteiger partial charge in [-0.25, -0.2) is 0 Å². The first-order chi connectivity index (χ1) is 46.0. The Morgan fingerprint density at radius 1 is 0.416 bits per heavy atom. The SMILES string of the molecule is CC(C)(C)C.CC12CC3CC(CC(C3)C1)C2.CC1CCC(C)(C)CC1.CCC1(C)CCCC1.CCC12CC3CC(CC(C3)C1)C2.[2H]C([2H])(C)C(C)(C)C.[2H]C([2H])(C)C(C)C.[2H]C([2H])(C)C1CCCC1.[2H]C([2H])(C)C1CCCCC1.[2H]C([2H])([2H])C(C)(C)C.[2H]C1(C)CCCC1.[2H]C1(C)CCCCC1. The van der Waals surface area contributed by atoms with Gasteiger partial charge in [0.1, 0.15) is 0 Å². The second-order valence-electron chi connectivity index (χ2n) is 38.0. The summed E-state index contributed by atoms with van der Waals surface area (Å²) in [5, 5.41) is 0. The van der Waals surface area contributed by atoms with Crippen LogP contribution in [-0.2, 0) is 0 Å². The standard InChI is InChI=1S/C12H20.C11H18.C9H18.2C8H16.2C7H14.C6H12.C6H14.3C5H12/c1-2-12-6-9-3-10(7-12)5-11(4-9)8-12;1-11-5-8-2-9(6-11)4-10(3-8)7-11;1-8-4-6-9(2,3)7-5-8;1-3-8(2)6-4-5-7-8;1-2-8-6-4-3-5-7-8;1-7-5-3-2-4-6-7;1-2-7-5-3-4-6-7;1-6-4-2-3-5-6;1-5-6(2,3)4;2*1-5(2,3)4;1-4-5(2)3/h9-11H,2-8H2,1H3;8-10H,2-7H2,1H3;8H,4-7H2,1-3H3;3-7H2,1-2H3;8H,2-7H2,1H3;2*7H,2-6H2,1H3;6H,2-5H2,1H3;5H2,1-4H3;2*1-4H3;5H,4H2,1-3H3/i;;;;2D2;7D;2D2;6D;5D2;1D3;;4D2. The molecule has 534 valence electrons. The van der Waals surface area contributed by atoms with Crippen molar-refractivity contribution in [2.45, 2.75) is 462 Å². The highest BCUT2D eigenvalue weighted by atomic mass is 14.6. The van der Waals surface area contributed by atoms with Crippen LogP contribution in [0.5, 0.6) is 0 Å². The first-order valence-corrected chi connectivity index (χ1v) is 39.5. The van der Waals surface area contributed by atoms with Crippen LogP contribution in [0.1, 0.15) is 480 Å². The fraction of sp³-hybridized carbons (Fsp3) is 1.00. The minimum absolute atomic E-state index is 0.0556. The smallest absolute Gasteiger partial charge is 0.0300 e. The van der Waals surface area contributed by atoms with Crippen LogP contribution in [-0.4, -0.2) is 0 Å². The third-order valence-electron chi connectivity index (χ3n) is 22.8. The predicted octanol–water partition coefficient (Wildman–Crippen LogP) is 32.0. The summed E-state index contributed by atoms with van der Waals surface area (Å²) >= 11 is 0. The first-order valence-electron chi connectivity index (χ1n) is 46.0. The van der Waals surface area contributed by atoms with E-state index in [1.165, 1.54) is 128 Å². The highest BCUT2D eigenvalue weighted by molar-refractivity contribution is 5.01. The molecule has 0 aromatic heterocycles. The lowest BCUT2D eigenvalue weighted by atomic mass is 9.49. The Hall–Kier alpha value is 0. The molecule has 14 aliphatic carbocycles. The van der Waals surface area contributed by atoms with Crippen LogP contribution in [0, 0.1) is 109 Å². The lowest BCUT2D eigenvalue weighted by Crippen LogP contribution is -2.45. The molecule has 0 aromatic rings. The molecule has 0 unspecified atom stereocenters. The molecule has 14 rings (SSSR count). The second kappa shape index (κ2) is 44.8. The van der Waals surface area contributed by atoms with Crippen LogP contribution in [0.2, 0.25) is 0 Å². The first kappa shape index (κ1) is 66.2. The van der Waals surface area contributed by atoms with Crippen LogP contribution in [0.25, 0.3) is 0 Å². The van der Waals surface area contributed by atoms with E-state index in [0.717, 1.165) is 109 Å². The van der Waals surface area contributed by atoms with Crippen molar-refractivity contribution < 1.29 is 17.8 Å². The molecule has 14 saturated carbocycles. The summed E-state index contributed by atoms with van der Waals surface area (Å²) < 4.78 is 94.2. The van der Waals surface area contributed by atoms with Crippen molar-refractivity contribution in [2.24, 2.45) is 109 Å². The van der Waals surface area contributed by atoms with Gasteiger partial charge in [-0.15, -0.1) is 0 Å². The van der Waals surface area contributed by atoms with Gasteiger partial charge in [0.25, 0.3) is 0 Å². The molecule has 0 spiro atoms. The summed E-state index contributed by atoms with van der Waals surface area (Å²) in [4.78, 5) is 0. The molecule has 0 nitrogen and oxygen atoms in total. The Kier molecular flexibility index (Phi) is 33.3. The molecular formula is C89H178. The molecule has 89 heavy (non-hydrogen) atoms. The van der Waals surface area contributed by atoms with Gasteiger partial charge in [-0.1, -0.05) is 360 Å². The van der Waals surface area contributed by atoms with Crippen LogP contribution in [0.4, 0.5) is 0 Å². The third-order valence-corrected chi connectivity index (χ3v) is 22.8. The lowest BCUT2D eigenvalue weighted by Gasteiger charge is -2.56. The Bertz CT molecular complexity index is 2020. The Morgan fingerprint density at radius 2 is 0.697 bits per heavy atom. The minimum atomic E-state index is -1.81. The van der Waals surface area contributed by atoms with E-state index >= 15 is 0 Å². The normalized spacial score (nSPS) is 34.3. The zero-order valence-electron chi connectivity index (χ0n) is 79.1. The van der Waals surface area contributed by atoms with Crippen LogP contribution in [0.15, 0.2) is 0 Å². The van der Waals surface area contributed by atoms with Crippen molar-refractivity contribution in [1.82, 2.24) is 0 Å². The lowest BCUT2D eigenvalue weighted by molar-refractivity contribution is -0.0545. The summed E-state index contributed by atoms with van der Waals surface area (Å²) in [5.74, 6) is 8.56. The highest BCUT2D eigenvalue weighted by Crippen LogP contribution is 2.62. The van der Waals surface area contributed by atoms with E-state index in [9.17, 15) is 0 Å². The van der Waals surface area contributed by atoms with Gasteiger partial charge in [0.05, 0.1) is 0 Å². The van der Waals surface area contributed by atoms with Gasteiger partial charge >= 0.3 is 0 Å². The molecule has 0 heterocycles. The van der Waals surface area contributed by atoms with Gasteiger partial charge in [0.2, 0.25) is 0 Å². The van der Waals surface area contributed by atoms with E-state index in [1.807, 2.05) is 48.5 Å². The van der Waals surface area contributed by atoms with E-state index in [1.54, 1.807) is 126 Å². The molecule has 0 aromatic carbocycles. The van der Waals surface area contributed by atoms with Gasteiger partial charge < -0.3 is 0 Å². The zero-order valence-corrected chi connectivity index (χ0v) is 66.1. The molecule has 0 radical (unpaired) electrons. The monoisotopic (exact) mass is 1260 g/mol. The van der Waals surface area contributed by atoms with Gasteiger partial charge in [0, 0.05) is 17.8 Å². The molecule has 14 aliphatic rings. The van der Waals surface area contributed by atoms with Gasteiger partial charge in [0.15, 0.2) is 0 Å². The maximum Gasteiger partial charge on any atom is 0.0300 e. The molecular weight excluding hydrogens is 1070 g/mol. The summed E-state index contributed by atoms with van der Waals surface area (Å²) in [7, 11) is 0. The largest absolute Gasteiger partial charge is 0.0651 e. The van der Waals surface area contributed by atoms with Gasteiger partial charge in [-0.05, 0) is 212 Å². The quantitative estimate of drug-likeness (QED) is 0.257. The average Bonchev–Trinajstić information content (AvgIpc) is 0.997. The van der Waals surface area contributed by atoms with Crippen molar-refractivity contribution in [3.05, 3.63) is 0 Å². The topological polar surface area (TPSA) is 0 Å². The fourth-order valence-electron chi connectivity index (χ4n) is 17.1. The maximum absolute atomic E-state index is 7.63. The Balaban J connectivity index is 0.000000560.